The Hall–Kier alpha value is -2.40. The fourth-order valence-electron chi connectivity index (χ4n) is 2.10. The van der Waals surface area contributed by atoms with E-state index in [1.807, 2.05) is 0 Å². The maximum Gasteiger partial charge on any atom is 0.271 e. The third-order valence-corrected chi connectivity index (χ3v) is 3.52. The number of hydrogen-bond acceptors (Lipinski definition) is 4. The van der Waals surface area contributed by atoms with Crippen molar-refractivity contribution in [2.24, 2.45) is 0 Å². The second kappa shape index (κ2) is 4.61. The molecule has 20 heavy (non-hydrogen) atoms. The van der Waals surface area contributed by atoms with Crippen LogP contribution in [0.15, 0.2) is 36.4 Å². The molecule has 0 N–H and O–H groups in total. The van der Waals surface area contributed by atoms with E-state index in [2.05, 4.69) is 4.98 Å². The zero-order chi connectivity index (χ0) is 14.3. The maximum absolute atomic E-state index is 10.8. The van der Waals surface area contributed by atoms with E-state index in [-0.39, 0.29) is 5.69 Å². The predicted molar refractivity (Wildman–Crippen MR) is 77.5 cm³/mol. The Labute approximate surface area is 118 Å². The highest BCUT2D eigenvalue weighted by molar-refractivity contribution is 6.40. The Balaban J connectivity index is 2.37. The smallest absolute Gasteiger partial charge is 0.271 e. The van der Waals surface area contributed by atoms with E-state index in [0.717, 1.165) is 5.39 Å². The van der Waals surface area contributed by atoms with Gasteiger partial charge in [-0.15, -0.1) is 0 Å². The number of benzene rings is 2. The lowest BCUT2D eigenvalue weighted by molar-refractivity contribution is -0.384. The molecule has 0 bridgehead atoms. The van der Waals surface area contributed by atoms with Crippen molar-refractivity contribution < 1.29 is 9.66 Å². The molecule has 2 aromatic carbocycles. The van der Waals surface area contributed by atoms with E-state index < -0.39 is 4.92 Å². The number of pyridine rings is 1. The van der Waals surface area contributed by atoms with Crippen LogP contribution in [0.1, 0.15) is 0 Å². The van der Waals surface area contributed by atoms with Gasteiger partial charge in [-0.2, -0.15) is 0 Å². The number of hydrogen-bond donors (Lipinski definition) is 0. The van der Waals surface area contributed by atoms with Crippen LogP contribution in [0.25, 0.3) is 21.8 Å². The van der Waals surface area contributed by atoms with Crippen LogP contribution < -0.4 is 4.74 Å². The van der Waals surface area contributed by atoms with Crippen molar-refractivity contribution in [3.63, 3.8) is 0 Å². The minimum Gasteiger partial charge on any atom is -0.497 e. The van der Waals surface area contributed by atoms with Crippen LogP contribution in [0.4, 0.5) is 5.69 Å². The van der Waals surface area contributed by atoms with Crippen LogP contribution in [0.5, 0.6) is 5.75 Å². The summed E-state index contributed by atoms with van der Waals surface area (Å²) in [5.74, 6) is 0.683. The molecule has 1 aromatic heterocycles. The lowest BCUT2D eigenvalue weighted by Gasteiger charge is -2.07. The van der Waals surface area contributed by atoms with Gasteiger partial charge >= 0.3 is 0 Å². The van der Waals surface area contributed by atoms with Crippen molar-refractivity contribution in [3.05, 3.63) is 51.5 Å². The Morgan fingerprint density at radius 3 is 2.65 bits per heavy atom. The Morgan fingerprint density at radius 2 is 1.95 bits per heavy atom. The lowest BCUT2D eigenvalue weighted by Crippen LogP contribution is -1.91. The molecule has 0 saturated carbocycles. The standard InChI is InChI=1S/C14H9ClN2O3/c1-20-9-3-5-12-11(7-9)14(15)10-4-2-8(17(18)19)6-13(10)16-12/h2-7H,1H3. The lowest BCUT2D eigenvalue weighted by atomic mass is 10.1. The van der Waals surface area contributed by atoms with Crippen molar-refractivity contribution in [1.82, 2.24) is 4.98 Å². The fourth-order valence-corrected chi connectivity index (χ4v) is 2.41. The molecule has 100 valence electrons. The van der Waals surface area contributed by atoms with Crippen LogP contribution in [-0.2, 0) is 0 Å². The molecule has 3 aromatic rings. The predicted octanol–water partition coefficient (Wildman–Crippen LogP) is 3.96. The zero-order valence-electron chi connectivity index (χ0n) is 10.5. The Morgan fingerprint density at radius 1 is 1.15 bits per heavy atom. The van der Waals surface area contributed by atoms with Gasteiger partial charge in [-0.25, -0.2) is 4.98 Å². The minimum absolute atomic E-state index is 0.00562. The van der Waals surface area contributed by atoms with Gasteiger partial charge in [0.25, 0.3) is 5.69 Å². The summed E-state index contributed by atoms with van der Waals surface area (Å²) in [6.45, 7) is 0. The number of nitrogens with zero attached hydrogens (tertiary/aromatic N) is 2. The first kappa shape index (κ1) is 12.6. The van der Waals surface area contributed by atoms with Crippen LogP contribution in [0, 0.1) is 10.1 Å². The zero-order valence-corrected chi connectivity index (χ0v) is 11.2. The van der Waals surface area contributed by atoms with E-state index in [9.17, 15) is 10.1 Å². The molecule has 0 aliphatic heterocycles. The van der Waals surface area contributed by atoms with Crippen LogP contribution >= 0.6 is 11.6 Å². The number of rotatable bonds is 2. The number of nitro groups is 1. The molecule has 3 rings (SSSR count). The normalized spacial score (nSPS) is 10.9. The fraction of sp³-hybridized carbons (Fsp3) is 0.0714. The monoisotopic (exact) mass is 288 g/mol. The molecule has 0 saturated heterocycles. The van der Waals surface area contributed by atoms with Gasteiger partial charge in [0.1, 0.15) is 5.75 Å². The van der Waals surface area contributed by atoms with Crippen LogP contribution in [0.2, 0.25) is 5.02 Å². The second-order valence-electron chi connectivity index (χ2n) is 4.27. The highest BCUT2D eigenvalue weighted by Gasteiger charge is 2.12. The molecule has 0 spiro atoms. The van der Waals surface area contributed by atoms with Crippen LogP contribution in [0.3, 0.4) is 0 Å². The number of methoxy groups -OCH3 is 1. The average molecular weight is 289 g/mol. The summed E-state index contributed by atoms with van der Waals surface area (Å²) in [5, 5.41) is 12.8. The SMILES string of the molecule is COc1ccc2nc3cc([N+](=O)[O-])ccc3c(Cl)c2c1. The molecule has 0 amide bonds. The van der Waals surface area contributed by atoms with Gasteiger partial charge in [0.05, 0.1) is 28.1 Å². The molecule has 5 nitrogen and oxygen atoms in total. The molecule has 0 aliphatic rings. The summed E-state index contributed by atoms with van der Waals surface area (Å²) < 4.78 is 5.16. The van der Waals surface area contributed by atoms with E-state index in [4.69, 9.17) is 16.3 Å². The van der Waals surface area contributed by atoms with Crippen molar-refractivity contribution in [2.45, 2.75) is 0 Å². The summed E-state index contributed by atoms with van der Waals surface area (Å²) in [4.78, 5) is 14.8. The number of halogens is 1. The van der Waals surface area contributed by atoms with E-state index in [0.29, 0.717) is 27.2 Å². The summed E-state index contributed by atoms with van der Waals surface area (Å²) in [5.41, 5.74) is 1.17. The highest BCUT2D eigenvalue weighted by Crippen LogP contribution is 2.33. The van der Waals surface area contributed by atoms with E-state index in [1.165, 1.54) is 12.1 Å². The maximum atomic E-state index is 10.8. The molecule has 0 unspecified atom stereocenters. The number of fused-ring (bicyclic) bond motifs is 2. The summed E-state index contributed by atoms with van der Waals surface area (Å²) in [6.07, 6.45) is 0. The van der Waals surface area contributed by atoms with Gasteiger partial charge in [-0.05, 0) is 24.3 Å². The second-order valence-corrected chi connectivity index (χ2v) is 4.65. The first-order chi connectivity index (χ1) is 9.60. The van der Waals surface area contributed by atoms with Gasteiger partial charge < -0.3 is 4.74 Å². The Bertz CT molecular complexity index is 849. The van der Waals surface area contributed by atoms with Gasteiger partial charge in [0.2, 0.25) is 0 Å². The third kappa shape index (κ3) is 1.92. The van der Waals surface area contributed by atoms with Gasteiger partial charge in [0.15, 0.2) is 0 Å². The third-order valence-electron chi connectivity index (χ3n) is 3.11. The van der Waals surface area contributed by atoms with Gasteiger partial charge in [-0.1, -0.05) is 11.6 Å². The van der Waals surface area contributed by atoms with Crippen LogP contribution in [-0.4, -0.2) is 17.0 Å². The van der Waals surface area contributed by atoms with Gasteiger partial charge in [0, 0.05) is 22.9 Å². The molecule has 0 aliphatic carbocycles. The minimum atomic E-state index is -0.451. The molecule has 0 atom stereocenters. The van der Waals surface area contributed by atoms with Crippen molar-refractivity contribution in [1.29, 1.82) is 0 Å². The average Bonchev–Trinajstić information content (AvgIpc) is 2.46. The molecule has 0 radical (unpaired) electrons. The van der Waals surface area contributed by atoms with Crippen molar-refractivity contribution in [3.8, 4) is 5.75 Å². The number of aromatic nitrogens is 1. The largest absolute Gasteiger partial charge is 0.497 e. The molecule has 6 heteroatoms. The topological polar surface area (TPSA) is 65.3 Å². The van der Waals surface area contributed by atoms with E-state index >= 15 is 0 Å². The molecular formula is C14H9ClN2O3. The first-order valence-electron chi connectivity index (χ1n) is 5.81. The number of ether oxygens (including phenoxy) is 1. The van der Waals surface area contributed by atoms with Crippen molar-refractivity contribution >= 4 is 39.1 Å². The Kier molecular flexibility index (Phi) is 2.91. The number of non-ortho nitro benzene ring substituents is 1. The van der Waals surface area contributed by atoms with E-state index in [1.54, 1.807) is 31.4 Å². The molecule has 1 heterocycles. The van der Waals surface area contributed by atoms with Gasteiger partial charge in [-0.3, -0.25) is 10.1 Å². The summed E-state index contributed by atoms with van der Waals surface area (Å²) in [7, 11) is 1.58. The molecular weight excluding hydrogens is 280 g/mol. The molecule has 0 fully saturated rings. The number of nitro benzene ring substituents is 1. The first-order valence-corrected chi connectivity index (χ1v) is 6.19. The summed E-state index contributed by atoms with van der Waals surface area (Å²) >= 11 is 6.37. The quantitative estimate of drug-likeness (QED) is 0.407. The highest BCUT2D eigenvalue weighted by atomic mass is 35.5. The summed E-state index contributed by atoms with van der Waals surface area (Å²) in [6, 6.07) is 9.80. The van der Waals surface area contributed by atoms with Crippen molar-refractivity contribution in [2.75, 3.05) is 7.11 Å².